The van der Waals surface area contributed by atoms with Gasteiger partial charge in [0, 0.05) is 27.3 Å². The molecule has 0 radical (unpaired) electrons. The quantitative estimate of drug-likeness (QED) is 0.243. The summed E-state index contributed by atoms with van der Waals surface area (Å²) >= 11 is 9.33. The van der Waals surface area contributed by atoms with Crippen LogP contribution in [-0.2, 0) is 9.47 Å². The Morgan fingerprint density at radius 1 is 0.944 bits per heavy atom. The highest BCUT2D eigenvalue weighted by Gasteiger charge is 2.62. The molecule has 0 unspecified atom stereocenters. The SMILES string of the molecule is COCCN1C(=O)N(CCOC)C(I)(I)C1(I)I. The minimum absolute atomic E-state index is 0.0386. The fraction of sp³-hybridized carbons (Fsp3) is 0.889. The molecule has 1 aliphatic rings. The third kappa shape index (κ3) is 3.47. The average molecular weight is 706 g/mol. The molecule has 0 bridgehead atoms. The number of alkyl halides is 4. The van der Waals surface area contributed by atoms with Gasteiger partial charge in [0.15, 0.2) is 3.10 Å². The van der Waals surface area contributed by atoms with E-state index in [-0.39, 0.29) is 9.14 Å². The van der Waals surface area contributed by atoms with Crippen molar-refractivity contribution in [3.05, 3.63) is 0 Å². The summed E-state index contributed by atoms with van der Waals surface area (Å²) in [6.45, 7) is 2.28. The number of urea groups is 1. The van der Waals surface area contributed by atoms with Crippen molar-refractivity contribution in [2.45, 2.75) is 3.10 Å². The largest absolute Gasteiger partial charge is 0.383 e. The summed E-state index contributed by atoms with van der Waals surface area (Å²) in [6.07, 6.45) is 0. The van der Waals surface area contributed by atoms with Gasteiger partial charge < -0.3 is 9.47 Å². The van der Waals surface area contributed by atoms with Crippen LogP contribution in [0.4, 0.5) is 4.79 Å². The summed E-state index contributed by atoms with van der Waals surface area (Å²) in [7, 11) is 3.29. The Morgan fingerprint density at radius 2 is 1.28 bits per heavy atom. The van der Waals surface area contributed by atoms with Crippen LogP contribution in [0.1, 0.15) is 0 Å². The van der Waals surface area contributed by atoms with Crippen molar-refractivity contribution in [1.29, 1.82) is 0 Å². The highest BCUT2D eigenvalue weighted by molar-refractivity contribution is 14.2. The van der Waals surface area contributed by atoms with Crippen molar-refractivity contribution in [1.82, 2.24) is 9.80 Å². The number of halogens is 4. The van der Waals surface area contributed by atoms with E-state index in [1.54, 1.807) is 14.2 Å². The molecule has 18 heavy (non-hydrogen) atoms. The van der Waals surface area contributed by atoms with Crippen LogP contribution in [0.5, 0.6) is 0 Å². The lowest BCUT2D eigenvalue weighted by atomic mass is 10.5. The summed E-state index contributed by atoms with van der Waals surface area (Å²) in [6, 6.07) is 0.0386. The van der Waals surface area contributed by atoms with Crippen LogP contribution < -0.4 is 0 Å². The molecule has 0 atom stereocenters. The Hall–Kier alpha value is 2.11. The zero-order chi connectivity index (χ0) is 14.0. The average Bonchev–Trinajstić information content (AvgIpc) is 2.40. The molecule has 0 aromatic rings. The van der Waals surface area contributed by atoms with Gasteiger partial charge in [0.25, 0.3) is 0 Å². The fourth-order valence-corrected chi connectivity index (χ4v) is 4.50. The second-order valence-electron chi connectivity index (χ2n) is 3.65. The molecule has 0 aliphatic carbocycles. The summed E-state index contributed by atoms with van der Waals surface area (Å²) in [5.74, 6) is 0. The molecule has 0 N–H and O–H groups in total. The lowest BCUT2D eigenvalue weighted by Crippen LogP contribution is -2.45. The fourth-order valence-electron chi connectivity index (χ4n) is 1.55. The van der Waals surface area contributed by atoms with E-state index in [2.05, 4.69) is 90.4 Å². The van der Waals surface area contributed by atoms with Crippen molar-refractivity contribution in [3.63, 3.8) is 0 Å². The molecule has 9 heteroatoms. The highest BCUT2D eigenvalue weighted by Crippen LogP contribution is 2.58. The zero-order valence-electron chi connectivity index (χ0n) is 9.96. The zero-order valence-corrected chi connectivity index (χ0v) is 18.6. The van der Waals surface area contributed by atoms with Gasteiger partial charge in [-0.15, -0.1) is 0 Å². The van der Waals surface area contributed by atoms with E-state index in [1.165, 1.54) is 0 Å². The van der Waals surface area contributed by atoms with E-state index in [9.17, 15) is 4.79 Å². The van der Waals surface area contributed by atoms with Crippen molar-refractivity contribution in [2.24, 2.45) is 0 Å². The van der Waals surface area contributed by atoms with E-state index in [1.807, 2.05) is 9.80 Å². The number of ether oxygens (including phenoxy) is 2. The summed E-state index contributed by atoms with van der Waals surface area (Å²) in [4.78, 5) is 16.2. The third-order valence-electron chi connectivity index (χ3n) is 2.54. The minimum atomic E-state index is -0.313. The van der Waals surface area contributed by atoms with Crippen molar-refractivity contribution in [3.8, 4) is 0 Å². The van der Waals surface area contributed by atoms with Gasteiger partial charge in [-0.05, 0) is 90.4 Å². The number of hydrogen-bond donors (Lipinski definition) is 0. The van der Waals surface area contributed by atoms with Gasteiger partial charge in [-0.3, -0.25) is 9.80 Å². The first-order valence-electron chi connectivity index (χ1n) is 5.13. The molecule has 0 aromatic heterocycles. The summed E-state index contributed by atoms with van der Waals surface area (Å²) in [5.41, 5.74) is 0. The van der Waals surface area contributed by atoms with Gasteiger partial charge in [0.05, 0.1) is 13.2 Å². The summed E-state index contributed by atoms with van der Waals surface area (Å²) < 4.78 is 9.54. The van der Waals surface area contributed by atoms with Crippen molar-refractivity contribution in [2.75, 3.05) is 40.5 Å². The number of carbonyl (C=O) groups is 1. The van der Waals surface area contributed by atoms with Crippen LogP contribution in [0.15, 0.2) is 0 Å². The van der Waals surface area contributed by atoms with Gasteiger partial charge in [0.1, 0.15) is 0 Å². The topological polar surface area (TPSA) is 42.0 Å². The number of carbonyl (C=O) groups excluding carboxylic acids is 1. The molecule has 0 saturated carbocycles. The van der Waals surface area contributed by atoms with Gasteiger partial charge in [-0.2, -0.15) is 0 Å². The van der Waals surface area contributed by atoms with Gasteiger partial charge in [0.2, 0.25) is 0 Å². The van der Waals surface area contributed by atoms with Crippen molar-refractivity contribution < 1.29 is 14.3 Å². The first-order valence-corrected chi connectivity index (χ1v) is 9.45. The molecule has 1 heterocycles. The van der Waals surface area contributed by atoms with E-state index < -0.39 is 0 Å². The minimum Gasteiger partial charge on any atom is -0.383 e. The van der Waals surface area contributed by atoms with Gasteiger partial charge >= 0.3 is 6.03 Å². The van der Waals surface area contributed by atoms with E-state index in [0.29, 0.717) is 26.3 Å². The first kappa shape index (κ1) is 18.2. The van der Waals surface area contributed by atoms with Crippen LogP contribution in [0, 0.1) is 0 Å². The van der Waals surface area contributed by atoms with Crippen LogP contribution in [0.2, 0.25) is 0 Å². The van der Waals surface area contributed by atoms with Gasteiger partial charge in [-0.1, -0.05) is 0 Å². The molecular formula is C9H14I4N2O3. The van der Waals surface area contributed by atoms with Crippen LogP contribution in [-0.4, -0.2) is 59.5 Å². The second-order valence-corrected chi connectivity index (χ2v) is 14.0. The Morgan fingerprint density at radius 3 is 1.56 bits per heavy atom. The first-order chi connectivity index (χ1) is 8.30. The lowest BCUT2D eigenvalue weighted by Gasteiger charge is -2.34. The molecule has 0 aromatic carbocycles. The maximum atomic E-state index is 12.5. The Balaban J connectivity index is 2.92. The maximum Gasteiger partial charge on any atom is 0.323 e. The smallest absolute Gasteiger partial charge is 0.323 e. The molecule has 5 nitrogen and oxygen atoms in total. The normalized spacial score (nSPS) is 21.8. The Bertz CT molecular complexity index is 286. The number of hydrogen-bond acceptors (Lipinski definition) is 3. The predicted octanol–water partition coefficient (Wildman–Crippen LogP) is 3.06. The third-order valence-corrected chi connectivity index (χ3v) is 12.1. The van der Waals surface area contributed by atoms with Crippen LogP contribution in [0.25, 0.3) is 0 Å². The van der Waals surface area contributed by atoms with Crippen LogP contribution in [0.3, 0.4) is 0 Å². The Labute approximate surface area is 162 Å². The molecule has 106 valence electrons. The maximum absolute atomic E-state index is 12.5. The van der Waals surface area contributed by atoms with E-state index in [4.69, 9.17) is 9.47 Å². The molecular weight excluding hydrogens is 692 g/mol. The molecule has 1 fully saturated rings. The molecule has 1 saturated heterocycles. The van der Waals surface area contributed by atoms with E-state index >= 15 is 0 Å². The highest BCUT2D eigenvalue weighted by atomic mass is 127. The number of amides is 2. The molecule has 2 amide bonds. The summed E-state index contributed by atoms with van der Waals surface area (Å²) in [5, 5.41) is 0. The standard InChI is InChI=1S/C9H14I4N2O3/c1-17-5-3-14-7(16)15(4-6-18-2)9(12,13)8(14,10)11/h3-6H2,1-2H3. The second kappa shape index (κ2) is 7.40. The van der Waals surface area contributed by atoms with E-state index in [0.717, 1.165) is 0 Å². The van der Waals surface area contributed by atoms with Crippen molar-refractivity contribution >= 4 is 96.4 Å². The van der Waals surface area contributed by atoms with Gasteiger partial charge in [-0.25, -0.2) is 4.79 Å². The molecule has 0 spiro atoms. The Kier molecular flexibility index (Phi) is 7.46. The monoisotopic (exact) mass is 706 g/mol. The number of nitrogens with zero attached hydrogens (tertiary/aromatic N) is 2. The van der Waals surface area contributed by atoms with Crippen LogP contribution >= 0.6 is 90.4 Å². The molecule has 1 aliphatic heterocycles. The number of rotatable bonds is 6. The molecule has 1 rings (SSSR count). The lowest BCUT2D eigenvalue weighted by molar-refractivity contribution is 0.141. The predicted molar refractivity (Wildman–Crippen MR) is 104 cm³/mol. The number of methoxy groups -OCH3 is 2.